The average molecular weight is 422 g/mol. The summed E-state index contributed by atoms with van der Waals surface area (Å²) in [7, 11) is 0. The fourth-order valence-electron chi connectivity index (χ4n) is 3.63. The Morgan fingerprint density at radius 3 is 2.59 bits per heavy atom. The number of thiophene rings is 1. The van der Waals surface area contributed by atoms with Crippen LogP contribution in [0.5, 0.6) is 0 Å². The Balaban J connectivity index is 1.44. The zero-order valence-electron chi connectivity index (χ0n) is 16.1. The number of rotatable bonds is 3. The van der Waals surface area contributed by atoms with E-state index in [1.54, 1.807) is 6.07 Å². The van der Waals surface area contributed by atoms with Crippen molar-refractivity contribution in [3.8, 4) is 0 Å². The van der Waals surface area contributed by atoms with Crippen molar-refractivity contribution in [2.24, 2.45) is 0 Å². The number of nitrogens with zero attached hydrogens (tertiary/aromatic N) is 3. The van der Waals surface area contributed by atoms with E-state index in [1.165, 1.54) is 23.5 Å². The summed E-state index contributed by atoms with van der Waals surface area (Å²) < 4.78 is 38.8. The molecule has 1 aliphatic heterocycles. The Labute approximate surface area is 169 Å². The van der Waals surface area contributed by atoms with E-state index >= 15 is 0 Å². The molecule has 1 N–H and O–H groups in total. The van der Waals surface area contributed by atoms with Gasteiger partial charge < -0.3 is 9.88 Å². The van der Waals surface area contributed by atoms with Crippen molar-refractivity contribution in [1.29, 1.82) is 0 Å². The lowest BCUT2D eigenvalue weighted by molar-refractivity contribution is -0.137. The van der Waals surface area contributed by atoms with E-state index in [9.17, 15) is 18.0 Å². The Hall–Kier alpha value is -2.39. The van der Waals surface area contributed by atoms with Crippen molar-refractivity contribution in [2.75, 3.05) is 31.1 Å². The monoisotopic (exact) mass is 422 g/mol. The smallest absolute Gasteiger partial charge is 0.369 e. The summed E-state index contributed by atoms with van der Waals surface area (Å²) in [5.41, 5.74) is 0.806. The lowest BCUT2D eigenvalue weighted by Crippen LogP contribution is -2.46. The number of aromatic nitrogens is 2. The first-order valence-electron chi connectivity index (χ1n) is 9.36. The number of nitrogens with one attached hydrogen (secondary N) is 1. The first-order valence-corrected chi connectivity index (χ1v) is 10.2. The molecule has 3 heterocycles. The van der Waals surface area contributed by atoms with E-state index in [2.05, 4.69) is 14.9 Å². The second-order valence-electron chi connectivity index (χ2n) is 7.29. The number of alkyl halides is 3. The van der Waals surface area contributed by atoms with Gasteiger partial charge in [-0.25, -0.2) is 4.98 Å². The van der Waals surface area contributed by atoms with E-state index in [0.717, 1.165) is 21.3 Å². The average Bonchev–Trinajstić information content (AvgIpc) is 2.96. The number of piperazine rings is 1. The van der Waals surface area contributed by atoms with Crippen LogP contribution in [0.4, 0.5) is 18.9 Å². The fourth-order valence-corrected chi connectivity index (χ4v) is 4.68. The summed E-state index contributed by atoms with van der Waals surface area (Å²) in [6, 6.07) is 5.44. The first kappa shape index (κ1) is 19.9. The number of aromatic amines is 1. The van der Waals surface area contributed by atoms with E-state index < -0.39 is 11.7 Å². The normalized spacial score (nSPS) is 16.0. The third-order valence-corrected chi connectivity index (χ3v) is 6.47. The SMILES string of the molecule is Cc1sc2nc(CN3CCN(c4cccc(C(F)(F)F)c4)CC3)[nH]c(=O)c2c1C. The Kier molecular flexibility index (Phi) is 5.12. The molecule has 0 spiro atoms. The van der Waals surface area contributed by atoms with Gasteiger partial charge in [0.1, 0.15) is 10.7 Å². The minimum absolute atomic E-state index is 0.116. The van der Waals surface area contributed by atoms with Gasteiger partial charge >= 0.3 is 6.18 Å². The minimum atomic E-state index is -4.34. The van der Waals surface area contributed by atoms with Gasteiger partial charge in [-0.2, -0.15) is 13.2 Å². The van der Waals surface area contributed by atoms with Gasteiger partial charge in [0.25, 0.3) is 5.56 Å². The fraction of sp³-hybridized carbons (Fsp3) is 0.400. The highest BCUT2D eigenvalue weighted by Crippen LogP contribution is 2.32. The van der Waals surface area contributed by atoms with Gasteiger partial charge in [-0.05, 0) is 37.6 Å². The van der Waals surface area contributed by atoms with Crippen LogP contribution in [-0.2, 0) is 12.7 Å². The molecule has 0 saturated carbocycles. The molecule has 3 aromatic rings. The lowest BCUT2D eigenvalue weighted by Gasteiger charge is -2.36. The van der Waals surface area contributed by atoms with Crippen LogP contribution in [0.1, 0.15) is 21.8 Å². The summed E-state index contributed by atoms with van der Waals surface area (Å²) in [5, 5.41) is 0.658. The van der Waals surface area contributed by atoms with Gasteiger partial charge in [0, 0.05) is 36.7 Å². The number of H-pyrrole nitrogens is 1. The molecule has 29 heavy (non-hydrogen) atoms. The largest absolute Gasteiger partial charge is 0.416 e. The Morgan fingerprint density at radius 1 is 1.17 bits per heavy atom. The van der Waals surface area contributed by atoms with Crippen LogP contribution in [0.15, 0.2) is 29.1 Å². The maximum absolute atomic E-state index is 12.9. The van der Waals surface area contributed by atoms with Crippen LogP contribution in [0.25, 0.3) is 10.2 Å². The maximum atomic E-state index is 12.9. The first-order chi connectivity index (χ1) is 13.7. The second-order valence-corrected chi connectivity index (χ2v) is 8.49. The highest BCUT2D eigenvalue weighted by molar-refractivity contribution is 7.18. The molecule has 0 unspecified atom stereocenters. The third kappa shape index (κ3) is 4.02. The van der Waals surface area contributed by atoms with Crippen molar-refractivity contribution in [2.45, 2.75) is 26.6 Å². The molecule has 2 aromatic heterocycles. The van der Waals surface area contributed by atoms with Crippen LogP contribution in [0.3, 0.4) is 0 Å². The maximum Gasteiger partial charge on any atom is 0.416 e. The molecule has 0 radical (unpaired) electrons. The molecular formula is C20H21F3N4OS. The van der Waals surface area contributed by atoms with Gasteiger partial charge in [0.2, 0.25) is 0 Å². The molecule has 4 rings (SSSR count). The van der Waals surface area contributed by atoms with Crippen molar-refractivity contribution in [3.63, 3.8) is 0 Å². The molecule has 1 saturated heterocycles. The quantitative estimate of drug-likeness (QED) is 0.695. The van der Waals surface area contributed by atoms with Crippen LogP contribution in [0, 0.1) is 13.8 Å². The zero-order chi connectivity index (χ0) is 20.8. The summed E-state index contributed by atoms with van der Waals surface area (Å²) in [5.74, 6) is 0.622. The molecule has 5 nitrogen and oxygen atoms in total. The second kappa shape index (κ2) is 7.46. The highest BCUT2D eigenvalue weighted by Gasteiger charge is 2.31. The standard InChI is InChI=1S/C20H21F3N4OS/c1-12-13(2)29-19-17(12)18(28)24-16(25-19)11-26-6-8-27(9-7-26)15-5-3-4-14(10-15)20(21,22)23/h3-5,10H,6-9,11H2,1-2H3,(H,24,25,28). The third-order valence-electron chi connectivity index (χ3n) is 5.37. The Bertz CT molecular complexity index is 1100. The van der Waals surface area contributed by atoms with Crippen LogP contribution >= 0.6 is 11.3 Å². The van der Waals surface area contributed by atoms with E-state index in [-0.39, 0.29) is 5.56 Å². The summed E-state index contributed by atoms with van der Waals surface area (Å²) in [6.45, 7) is 7.01. The molecule has 154 valence electrons. The van der Waals surface area contributed by atoms with E-state index in [0.29, 0.717) is 49.6 Å². The molecule has 9 heteroatoms. The van der Waals surface area contributed by atoms with Gasteiger partial charge in [-0.15, -0.1) is 11.3 Å². The zero-order valence-corrected chi connectivity index (χ0v) is 17.0. The van der Waals surface area contributed by atoms with Crippen molar-refractivity contribution in [3.05, 3.63) is 56.4 Å². The van der Waals surface area contributed by atoms with E-state index in [1.807, 2.05) is 18.7 Å². The molecule has 1 aromatic carbocycles. The van der Waals surface area contributed by atoms with Crippen LogP contribution in [-0.4, -0.2) is 41.0 Å². The van der Waals surface area contributed by atoms with Gasteiger partial charge in [-0.3, -0.25) is 9.69 Å². The molecule has 0 bridgehead atoms. The predicted molar refractivity (Wildman–Crippen MR) is 109 cm³/mol. The molecule has 1 fully saturated rings. The van der Waals surface area contributed by atoms with Gasteiger partial charge in [0.05, 0.1) is 17.5 Å². The number of benzene rings is 1. The van der Waals surface area contributed by atoms with Crippen molar-refractivity contribution < 1.29 is 13.2 Å². The summed E-state index contributed by atoms with van der Waals surface area (Å²) in [4.78, 5) is 25.9. The summed E-state index contributed by atoms with van der Waals surface area (Å²) in [6.07, 6.45) is -4.34. The number of aryl methyl sites for hydroxylation is 2. The number of anilines is 1. The van der Waals surface area contributed by atoms with Crippen molar-refractivity contribution in [1.82, 2.24) is 14.9 Å². The molecular weight excluding hydrogens is 401 g/mol. The Morgan fingerprint density at radius 2 is 1.90 bits per heavy atom. The predicted octanol–water partition coefficient (Wildman–Crippen LogP) is 3.94. The topological polar surface area (TPSA) is 52.2 Å². The molecule has 0 atom stereocenters. The van der Waals surface area contributed by atoms with Crippen LogP contribution < -0.4 is 10.5 Å². The minimum Gasteiger partial charge on any atom is -0.369 e. The van der Waals surface area contributed by atoms with E-state index in [4.69, 9.17) is 0 Å². The molecule has 0 amide bonds. The van der Waals surface area contributed by atoms with Crippen LogP contribution in [0.2, 0.25) is 0 Å². The summed E-state index contributed by atoms with van der Waals surface area (Å²) >= 11 is 1.52. The number of hydrogen-bond donors (Lipinski definition) is 1. The molecule has 1 aliphatic rings. The lowest BCUT2D eigenvalue weighted by atomic mass is 10.1. The number of fused-ring (bicyclic) bond motifs is 1. The molecule has 0 aliphatic carbocycles. The van der Waals surface area contributed by atoms with Crippen molar-refractivity contribution >= 4 is 27.2 Å². The van der Waals surface area contributed by atoms with Gasteiger partial charge in [-0.1, -0.05) is 6.07 Å². The highest BCUT2D eigenvalue weighted by atomic mass is 32.1. The number of halogens is 3. The number of hydrogen-bond acceptors (Lipinski definition) is 5. The van der Waals surface area contributed by atoms with Gasteiger partial charge in [0.15, 0.2) is 0 Å².